The molecule has 4 nitrogen and oxygen atoms in total. The van der Waals surface area contributed by atoms with E-state index < -0.39 is 0 Å². The van der Waals surface area contributed by atoms with E-state index in [4.69, 9.17) is 0 Å². The van der Waals surface area contributed by atoms with Gasteiger partial charge in [0.25, 0.3) is 5.24 Å². The molecule has 0 spiro atoms. The van der Waals surface area contributed by atoms with Crippen LogP contribution in [0.4, 0.5) is 4.79 Å². The average Bonchev–Trinajstić information content (AvgIpc) is 2.64. The summed E-state index contributed by atoms with van der Waals surface area (Å²) in [6.07, 6.45) is 2.33. The van der Waals surface area contributed by atoms with E-state index in [2.05, 4.69) is 16.3 Å². The van der Waals surface area contributed by atoms with Crippen molar-refractivity contribution in [1.29, 1.82) is 0 Å². The van der Waals surface area contributed by atoms with Gasteiger partial charge in [0, 0.05) is 24.9 Å². The van der Waals surface area contributed by atoms with E-state index in [0.29, 0.717) is 11.1 Å². The lowest BCUT2D eigenvalue weighted by molar-refractivity contribution is 0.192. The summed E-state index contributed by atoms with van der Waals surface area (Å²) in [6, 6.07) is 0. The van der Waals surface area contributed by atoms with Crippen LogP contribution < -0.4 is 0 Å². The number of piperidine rings is 1. The Hall–Kier alpha value is -0.620. The first-order valence-electron chi connectivity index (χ1n) is 5.42. The van der Waals surface area contributed by atoms with Gasteiger partial charge in [0.1, 0.15) is 5.01 Å². The van der Waals surface area contributed by atoms with Gasteiger partial charge < -0.3 is 4.90 Å². The molecule has 88 valence electrons. The maximum Gasteiger partial charge on any atom is 0.289 e. The van der Waals surface area contributed by atoms with Crippen molar-refractivity contribution in [3.8, 4) is 0 Å². The van der Waals surface area contributed by atoms with Crippen LogP contribution in [0.1, 0.15) is 24.8 Å². The molecule has 1 amide bonds. The molecule has 16 heavy (non-hydrogen) atoms. The first-order chi connectivity index (χ1) is 7.65. The quantitative estimate of drug-likeness (QED) is 0.726. The third-order valence-electron chi connectivity index (χ3n) is 2.60. The number of hydrogen-bond donors (Lipinski definition) is 0. The van der Waals surface area contributed by atoms with Gasteiger partial charge in [-0.2, -0.15) is 4.37 Å². The van der Waals surface area contributed by atoms with Gasteiger partial charge in [0.2, 0.25) is 5.16 Å². The summed E-state index contributed by atoms with van der Waals surface area (Å²) in [6.45, 7) is 5.83. The molecule has 1 unspecified atom stereocenters. The second kappa shape index (κ2) is 5.14. The van der Waals surface area contributed by atoms with Gasteiger partial charge >= 0.3 is 0 Å². The van der Waals surface area contributed by atoms with Crippen molar-refractivity contribution in [2.75, 3.05) is 13.1 Å². The van der Waals surface area contributed by atoms with Crippen LogP contribution in [0.2, 0.25) is 0 Å². The van der Waals surface area contributed by atoms with Crippen molar-refractivity contribution in [3.63, 3.8) is 0 Å². The van der Waals surface area contributed by atoms with E-state index in [1.807, 2.05) is 11.8 Å². The van der Waals surface area contributed by atoms with E-state index >= 15 is 0 Å². The summed E-state index contributed by atoms with van der Waals surface area (Å²) in [5.74, 6) is 0.614. The highest BCUT2D eigenvalue weighted by molar-refractivity contribution is 8.13. The molecule has 0 saturated carbocycles. The number of thioether (sulfide) groups is 1. The van der Waals surface area contributed by atoms with E-state index in [-0.39, 0.29) is 5.24 Å². The summed E-state index contributed by atoms with van der Waals surface area (Å²) in [4.78, 5) is 18.0. The highest BCUT2D eigenvalue weighted by Crippen LogP contribution is 2.24. The van der Waals surface area contributed by atoms with Gasteiger partial charge in [-0.05, 0) is 37.2 Å². The molecule has 0 N–H and O–H groups in total. The standard InChI is InChI=1S/C10H15N3OS2/c1-7-4-3-5-13(6-7)10(14)15-9-11-8(2)16-12-9/h7H,3-6H2,1-2H3. The van der Waals surface area contributed by atoms with Crippen molar-refractivity contribution in [2.24, 2.45) is 5.92 Å². The third kappa shape index (κ3) is 2.95. The van der Waals surface area contributed by atoms with E-state index in [1.165, 1.54) is 18.0 Å². The fourth-order valence-corrected chi connectivity index (χ4v) is 3.15. The maximum atomic E-state index is 11.9. The molecule has 2 heterocycles. The minimum absolute atomic E-state index is 0.0874. The summed E-state index contributed by atoms with van der Waals surface area (Å²) in [5.41, 5.74) is 0. The zero-order chi connectivity index (χ0) is 11.5. The number of nitrogens with zero attached hydrogens (tertiary/aromatic N) is 3. The van der Waals surface area contributed by atoms with E-state index in [9.17, 15) is 4.79 Å². The Morgan fingerprint density at radius 2 is 2.44 bits per heavy atom. The molecule has 0 aromatic carbocycles. The molecule has 1 aromatic heterocycles. The number of aromatic nitrogens is 2. The van der Waals surface area contributed by atoms with Gasteiger partial charge in [-0.3, -0.25) is 4.79 Å². The van der Waals surface area contributed by atoms with Crippen LogP contribution in [0.25, 0.3) is 0 Å². The minimum atomic E-state index is 0.0874. The van der Waals surface area contributed by atoms with Crippen molar-refractivity contribution < 1.29 is 4.79 Å². The molecular weight excluding hydrogens is 242 g/mol. The van der Waals surface area contributed by atoms with Crippen molar-refractivity contribution in [1.82, 2.24) is 14.3 Å². The highest BCUT2D eigenvalue weighted by Gasteiger charge is 2.22. The number of amides is 1. The fraction of sp³-hybridized carbons (Fsp3) is 0.700. The van der Waals surface area contributed by atoms with Crippen LogP contribution >= 0.6 is 23.3 Å². The number of carbonyl (C=O) groups excluding carboxylic acids is 1. The fourth-order valence-electron chi connectivity index (χ4n) is 1.82. The molecule has 1 aliphatic rings. The number of hydrogen-bond acceptors (Lipinski definition) is 5. The first-order valence-corrected chi connectivity index (χ1v) is 7.01. The normalized spacial score (nSPS) is 21.1. The van der Waals surface area contributed by atoms with Crippen LogP contribution in [-0.2, 0) is 0 Å². The topological polar surface area (TPSA) is 46.1 Å². The molecule has 1 fully saturated rings. The molecule has 1 atom stereocenters. The van der Waals surface area contributed by atoms with Crippen LogP contribution in [-0.4, -0.2) is 32.6 Å². The van der Waals surface area contributed by atoms with E-state index in [1.54, 1.807) is 0 Å². The Bertz CT molecular complexity index is 380. The Morgan fingerprint density at radius 1 is 1.62 bits per heavy atom. The zero-order valence-corrected chi connectivity index (χ0v) is 11.1. The van der Waals surface area contributed by atoms with Crippen molar-refractivity contribution in [2.45, 2.75) is 31.8 Å². The third-order valence-corrected chi connectivity index (χ3v) is 4.14. The Kier molecular flexibility index (Phi) is 3.81. The molecular formula is C10H15N3OS2. The van der Waals surface area contributed by atoms with Crippen LogP contribution in [0, 0.1) is 12.8 Å². The number of aryl methyl sites for hydroxylation is 1. The van der Waals surface area contributed by atoms with Gasteiger partial charge in [-0.15, -0.1) is 0 Å². The zero-order valence-electron chi connectivity index (χ0n) is 9.47. The average molecular weight is 257 g/mol. The second-order valence-electron chi connectivity index (χ2n) is 4.16. The minimum Gasteiger partial charge on any atom is -0.333 e. The van der Waals surface area contributed by atoms with Gasteiger partial charge in [0.15, 0.2) is 0 Å². The predicted octanol–water partition coefficient (Wildman–Crippen LogP) is 2.79. The van der Waals surface area contributed by atoms with Crippen LogP contribution in [0.5, 0.6) is 0 Å². The predicted molar refractivity (Wildman–Crippen MR) is 65.9 cm³/mol. The van der Waals surface area contributed by atoms with Crippen LogP contribution in [0.15, 0.2) is 5.16 Å². The summed E-state index contributed by atoms with van der Waals surface area (Å²) in [7, 11) is 0. The summed E-state index contributed by atoms with van der Waals surface area (Å²) >= 11 is 2.49. The lowest BCUT2D eigenvalue weighted by Gasteiger charge is -2.30. The smallest absolute Gasteiger partial charge is 0.289 e. The van der Waals surface area contributed by atoms with Gasteiger partial charge in [-0.25, -0.2) is 4.98 Å². The molecule has 1 aliphatic heterocycles. The van der Waals surface area contributed by atoms with Gasteiger partial charge in [-0.1, -0.05) is 6.92 Å². The monoisotopic (exact) mass is 257 g/mol. The lowest BCUT2D eigenvalue weighted by atomic mass is 10.0. The summed E-state index contributed by atoms with van der Waals surface area (Å²) in [5, 5.41) is 1.58. The maximum absolute atomic E-state index is 11.9. The second-order valence-corrected chi connectivity index (χ2v) is 6.03. The summed E-state index contributed by atoms with van der Waals surface area (Å²) < 4.78 is 4.12. The van der Waals surface area contributed by atoms with Crippen LogP contribution in [0.3, 0.4) is 0 Å². The lowest BCUT2D eigenvalue weighted by Crippen LogP contribution is -2.36. The van der Waals surface area contributed by atoms with Crippen molar-refractivity contribution >= 4 is 28.5 Å². The largest absolute Gasteiger partial charge is 0.333 e. The van der Waals surface area contributed by atoms with E-state index in [0.717, 1.165) is 36.3 Å². The molecule has 0 bridgehead atoms. The van der Waals surface area contributed by atoms with Gasteiger partial charge in [0.05, 0.1) is 0 Å². The highest BCUT2D eigenvalue weighted by atomic mass is 32.2. The Labute approximate surface area is 104 Å². The molecule has 1 aromatic rings. The number of likely N-dealkylation sites (tertiary alicyclic amines) is 1. The molecule has 0 aliphatic carbocycles. The molecule has 6 heteroatoms. The molecule has 1 saturated heterocycles. The Balaban J connectivity index is 1.92. The SMILES string of the molecule is Cc1nc(SC(=O)N2CCCC(C)C2)ns1. The molecule has 0 radical (unpaired) electrons. The molecule has 2 rings (SSSR count). The Morgan fingerprint density at radius 3 is 3.06 bits per heavy atom. The number of carbonyl (C=O) groups is 1. The number of rotatable bonds is 1. The first kappa shape index (κ1) is 11.9. The van der Waals surface area contributed by atoms with Crippen molar-refractivity contribution in [3.05, 3.63) is 5.01 Å².